The summed E-state index contributed by atoms with van der Waals surface area (Å²) in [5.41, 5.74) is 0. The van der Waals surface area contributed by atoms with E-state index in [0.29, 0.717) is 0 Å². The minimum atomic E-state index is 1.36. The molecular formula is C28H60NO+. The van der Waals surface area contributed by atoms with Gasteiger partial charge in [0, 0.05) is 0 Å². The average molecular weight is 427 g/mol. The van der Waals surface area contributed by atoms with Gasteiger partial charge in [0.05, 0.1) is 26.2 Å². The zero-order chi connectivity index (χ0) is 22.8. The first-order valence-corrected chi connectivity index (χ1v) is 13.9. The highest BCUT2D eigenvalue weighted by molar-refractivity contribution is 5.11. The molecule has 0 atom stereocenters. The Morgan fingerprint density at radius 3 is 0.900 bits per heavy atom. The molecule has 0 spiro atoms. The van der Waals surface area contributed by atoms with E-state index in [2.05, 4.69) is 27.7 Å². The number of quaternary nitrogens is 1. The summed E-state index contributed by atoms with van der Waals surface area (Å²) in [5.74, 6) is 0. The Hall–Kier alpha value is -0.370. The lowest BCUT2D eigenvalue weighted by atomic mass is 10.1. The first-order valence-electron chi connectivity index (χ1n) is 13.9. The van der Waals surface area contributed by atoms with Gasteiger partial charge in [-0.2, -0.15) is 0 Å². The van der Waals surface area contributed by atoms with Gasteiger partial charge in [-0.25, -0.2) is 0 Å². The van der Waals surface area contributed by atoms with Crippen LogP contribution in [0, 0.1) is 0 Å². The molecule has 0 bridgehead atoms. The van der Waals surface area contributed by atoms with E-state index in [4.69, 9.17) is 4.79 Å². The molecule has 30 heavy (non-hydrogen) atoms. The Morgan fingerprint density at radius 1 is 0.367 bits per heavy atom. The second kappa shape index (κ2) is 26.7. The fraction of sp³-hybridized carbons (Fsp3) is 0.964. The van der Waals surface area contributed by atoms with Crippen molar-refractivity contribution in [2.45, 2.75) is 150 Å². The van der Waals surface area contributed by atoms with Gasteiger partial charge in [0.25, 0.3) is 0 Å². The molecule has 0 unspecified atom stereocenters. The van der Waals surface area contributed by atoms with E-state index < -0.39 is 0 Å². The second-order valence-electron chi connectivity index (χ2n) is 9.54. The monoisotopic (exact) mass is 426 g/mol. The zero-order valence-corrected chi connectivity index (χ0v) is 21.8. The molecule has 0 N–H and O–H groups in total. The third-order valence-electron chi connectivity index (χ3n) is 6.66. The number of hydrogen-bond donors (Lipinski definition) is 0. The van der Waals surface area contributed by atoms with Crippen molar-refractivity contribution in [3.63, 3.8) is 0 Å². The van der Waals surface area contributed by atoms with Crippen molar-refractivity contribution in [2.75, 3.05) is 26.2 Å². The van der Waals surface area contributed by atoms with Gasteiger partial charge in [0.15, 0.2) is 0 Å². The normalized spacial score (nSPS) is 11.3. The van der Waals surface area contributed by atoms with E-state index in [1.165, 1.54) is 153 Å². The summed E-state index contributed by atoms with van der Waals surface area (Å²) in [6.07, 6.45) is 27.3. The molecule has 0 rings (SSSR count). The molecule has 0 aliphatic carbocycles. The number of rotatable bonds is 23. The molecule has 0 aromatic rings. The molecule has 0 amide bonds. The van der Waals surface area contributed by atoms with Crippen LogP contribution in [0.15, 0.2) is 0 Å². The van der Waals surface area contributed by atoms with Crippen LogP contribution in [0.2, 0.25) is 0 Å². The van der Waals surface area contributed by atoms with Crippen LogP contribution in [0.1, 0.15) is 150 Å². The average Bonchev–Trinajstić information content (AvgIpc) is 2.77. The third kappa shape index (κ3) is 20.9. The molecule has 2 nitrogen and oxygen atoms in total. The summed E-state index contributed by atoms with van der Waals surface area (Å²) in [7, 11) is 0. The van der Waals surface area contributed by atoms with Gasteiger partial charge in [-0.15, -0.1) is 0 Å². The molecule has 0 heterocycles. The number of hydrogen-bond acceptors (Lipinski definition) is 1. The molecule has 182 valence electrons. The molecule has 0 aliphatic rings. The highest BCUT2D eigenvalue weighted by Gasteiger charge is 2.25. The first kappa shape index (κ1) is 31.8. The van der Waals surface area contributed by atoms with Crippen LogP contribution in [0.4, 0.5) is 0 Å². The minimum absolute atomic E-state index is 1.36. The number of carbonyl (C=O) groups excluding carboxylic acids is 1. The lowest BCUT2D eigenvalue weighted by Crippen LogP contribution is -2.50. The first-order chi connectivity index (χ1) is 14.7. The van der Waals surface area contributed by atoms with Crippen LogP contribution in [0.3, 0.4) is 0 Å². The standard InChI is InChI=1S/C27H58N.CH2O/c1-5-9-12-15-18-21-25-28(24-8-4,26-22-19-16-13-10-6-2)27-23-20-17-14-11-7-3;1-2/h5-27H2,1-4H3;1H2/q+1;. The van der Waals surface area contributed by atoms with E-state index in [1.54, 1.807) is 0 Å². The maximum atomic E-state index is 8.00. The third-order valence-corrected chi connectivity index (χ3v) is 6.66. The largest absolute Gasteiger partial charge is 0.324 e. The van der Waals surface area contributed by atoms with Gasteiger partial charge >= 0.3 is 0 Å². The number of nitrogens with zero attached hydrogens (tertiary/aromatic N) is 1. The van der Waals surface area contributed by atoms with Crippen molar-refractivity contribution in [3.05, 3.63) is 0 Å². The molecule has 0 radical (unpaired) electrons. The molecule has 2 heteroatoms. The summed E-state index contributed by atoms with van der Waals surface area (Å²) in [4.78, 5) is 8.00. The van der Waals surface area contributed by atoms with Crippen LogP contribution in [0.5, 0.6) is 0 Å². The highest BCUT2D eigenvalue weighted by atomic mass is 16.1. The van der Waals surface area contributed by atoms with Crippen molar-refractivity contribution in [1.82, 2.24) is 0 Å². The molecule has 0 fully saturated rings. The van der Waals surface area contributed by atoms with Crippen LogP contribution in [-0.2, 0) is 4.79 Å². The molecule has 0 aromatic carbocycles. The quantitative estimate of drug-likeness (QED) is 0.118. The van der Waals surface area contributed by atoms with E-state index >= 15 is 0 Å². The van der Waals surface area contributed by atoms with Crippen molar-refractivity contribution in [3.8, 4) is 0 Å². The summed E-state index contributed by atoms with van der Waals surface area (Å²) >= 11 is 0. The van der Waals surface area contributed by atoms with Gasteiger partial charge in [-0.1, -0.05) is 105 Å². The van der Waals surface area contributed by atoms with Gasteiger partial charge in [-0.05, 0) is 44.9 Å². The van der Waals surface area contributed by atoms with Crippen LogP contribution in [0.25, 0.3) is 0 Å². The lowest BCUT2D eigenvalue weighted by molar-refractivity contribution is -0.929. The fourth-order valence-corrected chi connectivity index (χ4v) is 4.83. The topological polar surface area (TPSA) is 17.1 Å². The Kier molecular flexibility index (Phi) is 28.3. The number of carbonyl (C=O) groups is 1. The summed E-state index contributed by atoms with van der Waals surface area (Å²) in [5, 5.41) is 0. The van der Waals surface area contributed by atoms with Gasteiger partial charge in [-0.3, -0.25) is 0 Å². The van der Waals surface area contributed by atoms with Crippen molar-refractivity contribution < 1.29 is 9.28 Å². The summed E-state index contributed by atoms with van der Waals surface area (Å²) < 4.78 is 1.45. The van der Waals surface area contributed by atoms with Gasteiger partial charge in [0.1, 0.15) is 6.79 Å². The lowest BCUT2D eigenvalue weighted by Gasteiger charge is -2.39. The van der Waals surface area contributed by atoms with Crippen LogP contribution >= 0.6 is 0 Å². The summed E-state index contributed by atoms with van der Waals surface area (Å²) in [6, 6.07) is 0. The minimum Gasteiger partial charge on any atom is -0.324 e. The maximum absolute atomic E-state index is 8.00. The van der Waals surface area contributed by atoms with Crippen LogP contribution < -0.4 is 0 Å². The molecule has 0 saturated heterocycles. The zero-order valence-electron chi connectivity index (χ0n) is 21.8. The molecule has 0 aromatic heterocycles. The van der Waals surface area contributed by atoms with Gasteiger partial charge in [0.2, 0.25) is 0 Å². The molecule has 0 saturated carbocycles. The predicted molar refractivity (Wildman–Crippen MR) is 137 cm³/mol. The predicted octanol–water partition coefficient (Wildman–Crippen LogP) is 9.11. The van der Waals surface area contributed by atoms with Crippen molar-refractivity contribution in [1.29, 1.82) is 0 Å². The summed E-state index contributed by atoms with van der Waals surface area (Å²) in [6.45, 7) is 17.2. The Balaban J connectivity index is 0. The van der Waals surface area contributed by atoms with E-state index in [-0.39, 0.29) is 0 Å². The van der Waals surface area contributed by atoms with Crippen molar-refractivity contribution in [2.24, 2.45) is 0 Å². The highest BCUT2D eigenvalue weighted by Crippen LogP contribution is 2.19. The van der Waals surface area contributed by atoms with E-state index in [9.17, 15) is 0 Å². The van der Waals surface area contributed by atoms with Gasteiger partial charge < -0.3 is 9.28 Å². The SMILES string of the molecule is C=O.CCCCCCCC[N+](CCC)(CCCCCCCC)CCCCCCCC. The van der Waals surface area contributed by atoms with E-state index in [1.807, 2.05) is 6.79 Å². The second-order valence-corrected chi connectivity index (χ2v) is 9.54. The maximum Gasteiger partial charge on any atom is 0.106 e. The molecular weight excluding hydrogens is 366 g/mol. The Labute approximate surface area is 192 Å². The smallest absolute Gasteiger partial charge is 0.106 e. The number of unbranched alkanes of at least 4 members (excludes halogenated alkanes) is 15. The van der Waals surface area contributed by atoms with Crippen LogP contribution in [-0.4, -0.2) is 37.5 Å². The fourth-order valence-electron chi connectivity index (χ4n) is 4.83. The molecule has 0 aliphatic heterocycles. The van der Waals surface area contributed by atoms with E-state index in [0.717, 1.165) is 0 Å². The Morgan fingerprint density at radius 2 is 0.633 bits per heavy atom. The van der Waals surface area contributed by atoms with Crippen molar-refractivity contribution >= 4 is 6.79 Å². The Bertz CT molecular complexity index is 264.